The summed E-state index contributed by atoms with van der Waals surface area (Å²) in [5, 5.41) is 14.2. The molecule has 6 nitrogen and oxygen atoms in total. The molecular formula is C12H11N3O3. The van der Waals surface area contributed by atoms with Crippen molar-refractivity contribution >= 4 is 11.6 Å². The summed E-state index contributed by atoms with van der Waals surface area (Å²) in [5.41, 5.74) is 0.638. The first-order chi connectivity index (χ1) is 8.66. The van der Waals surface area contributed by atoms with Crippen LogP contribution in [0, 0.1) is 10.1 Å². The highest BCUT2D eigenvalue weighted by Crippen LogP contribution is 2.08. The van der Waals surface area contributed by atoms with Crippen LogP contribution in [-0.4, -0.2) is 20.5 Å². The van der Waals surface area contributed by atoms with Gasteiger partial charge >= 0.3 is 5.82 Å². The van der Waals surface area contributed by atoms with Crippen LogP contribution in [-0.2, 0) is 6.54 Å². The first-order valence-corrected chi connectivity index (χ1v) is 5.43. The number of Topliss-reactive ketones (excluding diaryl/α,β-unsaturated/α-hetero) is 1. The standard InChI is InChI=1S/C12H11N3O3/c16-11(10-4-2-1-3-5-10)6-8-14-9-7-12(13-14)15(17)18/h1-5,7,9H,6,8H2. The van der Waals surface area contributed by atoms with E-state index >= 15 is 0 Å². The number of hydrogen-bond acceptors (Lipinski definition) is 4. The Hall–Kier alpha value is -2.50. The summed E-state index contributed by atoms with van der Waals surface area (Å²) in [7, 11) is 0. The molecule has 0 bridgehead atoms. The largest absolute Gasteiger partial charge is 0.389 e. The summed E-state index contributed by atoms with van der Waals surface area (Å²) in [6, 6.07) is 10.2. The number of rotatable bonds is 5. The molecule has 0 aliphatic carbocycles. The van der Waals surface area contributed by atoms with Gasteiger partial charge in [0.2, 0.25) is 0 Å². The topological polar surface area (TPSA) is 78.0 Å². The second-order valence-electron chi connectivity index (χ2n) is 3.73. The quantitative estimate of drug-likeness (QED) is 0.459. The molecule has 2 rings (SSSR count). The highest BCUT2D eigenvalue weighted by Gasteiger charge is 2.12. The number of aryl methyl sites for hydroxylation is 1. The molecule has 1 aromatic heterocycles. The number of ketones is 1. The van der Waals surface area contributed by atoms with Crippen molar-refractivity contribution in [3.05, 3.63) is 58.3 Å². The fraction of sp³-hybridized carbons (Fsp3) is 0.167. The van der Waals surface area contributed by atoms with Gasteiger partial charge in [-0.05, 0) is 4.92 Å². The van der Waals surface area contributed by atoms with Gasteiger partial charge in [0.15, 0.2) is 5.78 Å². The van der Waals surface area contributed by atoms with E-state index in [1.54, 1.807) is 24.3 Å². The Morgan fingerprint density at radius 3 is 2.61 bits per heavy atom. The number of aromatic nitrogens is 2. The molecule has 0 aliphatic rings. The molecule has 0 unspecified atom stereocenters. The van der Waals surface area contributed by atoms with Crippen molar-refractivity contribution in [3.63, 3.8) is 0 Å². The van der Waals surface area contributed by atoms with Crippen LogP contribution in [0.4, 0.5) is 5.82 Å². The molecule has 92 valence electrons. The number of carbonyl (C=O) groups is 1. The van der Waals surface area contributed by atoms with Crippen LogP contribution in [0.5, 0.6) is 0 Å². The zero-order valence-electron chi connectivity index (χ0n) is 9.52. The molecule has 0 N–H and O–H groups in total. The van der Waals surface area contributed by atoms with Gasteiger partial charge in [-0.3, -0.25) is 4.79 Å². The normalized spacial score (nSPS) is 10.2. The van der Waals surface area contributed by atoms with Gasteiger partial charge in [-0.1, -0.05) is 30.3 Å². The van der Waals surface area contributed by atoms with Crippen LogP contribution in [0.1, 0.15) is 16.8 Å². The van der Waals surface area contributed by atoms with Crippen LogP contribution in [0.3, 0.4) is 0 Å². The van der Waals surface area contributed by atoms with Gasteiger partial charge in [-0.15, -0.1) is 0 Å². The van der Waals surface area contributed by atoms with E-state index in [1.165, 1.54) is 16.9 Å². The lowest BCUT2D eigenvalue weighted by Crippen LogP contribution is -2.06. The third-order valence-corrected chi connectivity index (χ3v) is 2.48. The zero-order valence-corrected chi connectivity index (χ0v) is 9.52. The van der Waals surface area contributed by atoms with E-state index in [9.17, 15) is 14.9 Å². The molecule has 18 heavy (non-hydrogen) atoms. The van der Waals surface area contributed by atoms with Crippen molar-refractivity contribution in [3.8, 4) is 0 Å². The Bertz CT molecular complexity index is 563. The van der Waals surface area contributed by atoms with Gasteiger partial charge in [0, 0.05) is 12.0 Å². The summed E-state index contributed by atoms with van der Waals surface area (Å²) in [5.74, 6) is -0.212. The van der Waals surface area contributed by atoms with Crippen LogP contribution < -0.4 is 0 Å². The highest BCUT2D eigenvalue weighted by molar-refractivity contribution is 5.95. The Morgan fingerprint density at radius 1 is 1.28 bits per heavy atom. The smallest absolute Gasteiger partial charge is 0.358 e. The lowest BCUT2D eigenvalue weighted by molar-refractivity contribution is -0.389. The Labute approximate surface area is 103 Å². The van der Waals surface area contributed by atoms with Gasteiger partial charge in [0.05, 0.1) is 23.9 Å². The molecule has 2 aromatic rings. The number of nitrogens with zero attached hydrogens (tertiary/aromatic N) is 3. The van der Waals surface area contributed by atoms with Gasteiger partial charge in [0.25, 0.3) is 0 Å². The minimum Gasteiger partial charge on any atom is -0.358 e. The fourth-order valence-corrected chi connectivity index (χ4v) is 1.56. The maximum atomic E-state index is 11.8. The fourth-order valence-electron chi connectivity index (χ4n) is 1.56. The molecule has 0 radical (unpaired) electrons. The minimum absolute atomic E-state index is 0.00578. The van der Waals surface area contributed by atoms with E-state index in [0.717, 1.165) is 0 Å². The first kappa shape index (κ1) is 12.0. The van der Waals surface area contributed by atoms with Crippen LogP contribution in [0.25, 0.3) is 0 Å². The van der Waals surface area contributed by atoms with Crippen molar-refractivity contribution in [2.45, 2.75) is 13.0 Å². The summed E-state index contributed by atoms with van der Waals surface area (Å²) in [6.07, 6.45) is 1.76. The summed E-state index contributed by atoms with van der Waals surface area (Å²) in [4.78, 5) is 21.7. The Balaban J connectivity index is 1.95. The second-order valence-corrected chi connectivity index (χ2v) is 3.73. The molecule has 0 saturated heterocycles. The number of benzene rings is 1. The van der Waals surface area contributed by atoms with Gasteiger partial charge in [-0.2, -0.15) is 4.68 Å². The van der Waals surface area contributed by atoms with E-state index in [4.69, 9.17) is 0 Å². The highest BCUT2D eigenvalue weighted by atomic mass is 16.6. The molecule has 6 heteroatoms. The maximum absolute atomic E-state index is 11.8. The molecule has 1 heterocycles. The second kappa shape index (κ2) is 5.22. The minimum atomic E-state index is -0.560. The molecule has 0 aliphatic heterocycles. The third-order valence-electron chi connectivity index (χ3n) is 2.48. The zero-order chi connectivity index (χ0) is 13.0. The van der Waals surface area contributed by atoms with E-state index in [2.05, 4.69) is 5.10 Å². The molecule has 0 atom stereocenters. The van der Waals surface area contributed by atoms with Gasteiger partial charge in [-0.25, -0.2) is 0 Å². The number of hydrogen-bond donors (Lipinski definition) is 0. The van der Waals surface area contributed by atoms with Crippen molar-refractivity contribution in [2.75, 3.05) is 0 Å². The number of nitro groups is 1. The first-order valence-electron chi connectivity index (χ1n) is 5.43. The summed E-state index contributed by atoms with van der Waals surface area (Å²) < 4.78 is 1.40. The molecular weight excluding hydrogens is 234 g/mol. The maximum Gasteiger partial charge on any atom is 0.389 e. The van der Waals surface area contributed by atoms with E-state index in [0.29, 0.717) is 12.1 Å². The van der Waals surface area contributed by atoms with E-state index in [1.807, 2.05) is 6.07 Å². The van der Waals surface area contributed by atoms with E-state index in [-0.39, 0.29) is 18.0 Å². The predicted molar refractivity (Wildman–Crippen MR) is 64.3 cm³/mol. The Kier molecular flexibility index (Phi) is 3.47. The average Bonchev–Trinajstić information content (AvgIpc) is 2.86. The molecule has 0 spiro atoms. The molecule has 0 amide bonds. The Morgan fingerprint density at radius 2 is 2.00 bits per heavy atom. The van der Waals surface area contributed by atoms with Gasteiger partial charge in [0.1, 0.15) is 0 Å². The lowest BCUT2D eigenvalue weighted by Gasteiger charge is -1.98. The van der Waals surface area contributed by atoms with Crippen molar-refractivity contribution in [1.29, 1.82) is 0 Å². The van der Waals surface area contributed by atoms with Crippen molar-refractivity contribution in [1.82, 2.24) is 9.78 Å². The van der Waals surface area contributed by atoms with E-state index < -0.39 is 4.92 Å². The molecule has 0 fully saturated rings. The summed E-state index contributed by atoms with van der Waals surface area (Å²) in [6.45, 7) is 0.335. The average molecular weight is 245 g/mol. The molecule has 1 aromatic carbocycles. The third kappa shape index (κ3) is 2.79. The van der Waals surface area contributed by atoms with Crippen molar-refractivity contribution in [2.24, 2.45) is 0 Å². The number of carbonyl (C=O) groups excluding carboxylic acids is 1. The summed E-state index contributed by atoms with van der Waals surface area (Å²) >= 11 is 0. The van der Waals surface area contributed by atoms with Crippen LogP contribution >= 0.6 is 0 Å². The SMILES string of the molecule is O=C(CCn1ccc([N+](=O)[O-])n1)c1ccccc1. The van der Waals surface area contributed by atoms with Crippen LogP contribution in [0.15, 0.2) is 42.6 Å². The lowest BCUT2D eigenvalue weighted by atomic mass is 10.1. The molecule has 0 saturated carbocycles. The monoisotopic (exact) mass is 245 g/mol. The van der Waals surface area contributed by atoms with Gasteiger partial charge < -0.3 is 10.1 Å². The van der Waals surface area contributed by atoms with Crippen LogP contribution in [0.2, 0.25) is 0 Å². The predicted octanol–water partition coefficient (Wildman–Crippen LogP) is 2.06. The van der Waals surface area contributed by atoms with Crippen molar-refractivity contribution < 1.29 is 9.72 Å².